The Hall–Kier alpha value is -7.72. The van der Waals surface area contributed by atoms with Crippen molar-refractivity contribution in [2.45, 2.75) is 30.7 Å². The molecule has 0 unspecified atom stereocenters. The minimum atomic E-state index is -1.86. The first-order valence-electron chi connectivity index (χ1n) is 20.1. The molecule has 0 spiro atoms. The van der Waals surface area contributed by atoms with Crippen molar-refractivity contribution in [2.24, 2.45) is 0 Å². The number of phenolic OH excluding ortho intramolecular Hbond substituents is 1. The van der Waals surface area contributed by atoms with Gasteiger partial charge in [-0.25, -0.2) is 19.2 Å². The topological polar surface area (TPSA) is 245 Å². The molecule has 22 heteroatoms. The van der Waals surface area contributed by atoms with Gasteiger partial charge in [-0.15, -0.1) is 0 Å². The summed E-state index contributed by atoms with van der Waals surface area (Å²) in [6, 6.07) is 10.1. The number of aromatic hydroxyl groups is 1. The van der Waals surface area contributed by atoms with Crippen LogP contribution in [0.5, 0.6) is 69.0 Å². The van der Waals surface area contributed by atoms with E-state index in [0.717, 1.165) is 6.07 Å². The maximum Gasteiger partial charge on any atom is 0.339 e. The summed E-state index contributed by atoms with van der Waals surface area (Å²) in [7, 11) is 15.9. The fraction of sp³-hybridized carbons (Fsp3) is 0.391. The number of carbonyl (C=O) groups is 4. The van der Waals surface area contributed by atoms with E-state index in [-0.39, 0.29) is 85.5 Å². The molecule has 1 N–H and O–H groups in total. The van der Waals surface area contributed by atoms with Gasteiger partial charge in [0.2, 0.25) is 23.0 Å². The van der Waals surface area contributed by atoms with Crippen LogP contribution in [-0.4, -0.2) is 152 Å². The Balaban J connectivity index is 1.68. The molecule has 5 atom stereocenters. The van der Waals surface area contributed by atoms with Gasteiger partial charge in [0.05, 0.1) is 100 Å². The van der Waals surface area contributed by atoms with Crippen molar-refractivity contribution in [3.8, 4) is 69.0 Å². The van der Waals surface area contributed by atoms with Crippen LogP contribution >= 0.6 is 0 Å². The van der Waals surface area contributed by atoms with E-state index in [9.17, 15) is 24.3 Å². The summed E-state index contributed by atoms with van der Waals surface area (Å²) in [4.78, 5) is 56.8. The summed E-state index contributed by atoms with van der Waals surface area (Å²) in [6.45, 7) is -0.743. The fourth-order valence-electron chi connectivity index (χ4n) is 7.08. The van der Waals surface area contributed by atoms with Crippen molar-refractivity contribution in [1.82, 2.24) is 0 Å². The standard InChI is InChI=1S/C46H52O22/c1-52-27-14-22(13-26(47)35(27)59-8)42(48)64-21-34-39(66-43(49)23-15-28(53-2)36(60-9)29(16-23)54-3)40(67-44(50)24-17-30(55-4)37(61-10)31(18-24)56-5)41(46(63-12)65-34)68-45(51)25-19-32(57-6)38(62-11)33(20-25)58-7/h13-20,34,39-41,46-47H,21H2,1-12H3/t34-,39-,40+,41-,46-/m1/s1. The molecule has 4 aromatic carbocycles. The van der Waals surface area contributed by atoms with Crippen molar-refractivity contribution in [1.29, 1.82) is 0 Å². The van der Waals surface area contributed by atoms with Gasteiger partial charge in [-0.2, -0.15) is 0 Å². The van der Waals surface area contributed by atoms with Crippen molar-refractivity contribution in [2.75, 3.05) is 91.9 Å². The van der Waals surface area contributed by atoms with Gasteiger partial charge in [-0.05, 0) is 48.5 Å². The highest BCUT2D eigenvalue weighted by Crippen LogP contribution is 2.43. The maximum absolute atomic E-state index is 14.5. The van der Waals surface area contributed by atoms with Crippen molar-refractivity contribution < 1.29 is 105 Å². The zero-order valence-electron chi connectivity index (χ0n) is 39.2. The van der Waals surface area contributed by atoms with Gasteiger partial charge < -0.3 is 85.6 Å². The zero-order valence-corrected chi connectivity index (χ0v) is 39.2. The molecule has 68 heavy (non-hydrogen) atoms. The lowest BCUT2D eigenvalue weighted by Gasteiger charge is -2.44. The van der Waals surface area contributed by atoms with Crippen LogP contribution in [-0.2, 0) is 28.4 Å². The highest BCUT2D eigenvalue weighted by atomic mass is 16.7. The van der Waals surface area contributed by atoms with Crippen LogP contribution in [0.3, 0.4) is 0 Å². The average molecular weight is 957 g/mol. The van der Waals surface area contributed by atoms with Gasteiger partial charge in [-0.1, -0.05) is 0 Å². The van der Waals surface area contributed by atoms with Crippen LogP contribution in [0.4, 0.5) is 0 Å². The number of hydrogen-bond acceptors (Lipinski definition) is 22. The number of carbonyl (C=O) groups excluding carboxylic acids is 4. The molecule has 0 radical (unpaired) electrons. The second-order valence-electron chi connectivity index (χ2n) is 14.0. The Morgan fingerprint density at radius 3 is 1.04 bits per heavy atom. The molecule has 1 aliphatic heterocycles. The van der Waals surface area contributed by atoms with Crippen LogP contribution in [0.1, 0.15) is 41.4 Å². The highest BCUT2D eigenvalue weighted by molar-refractivity contribution is 5.94. The fourth-order valence-corrected chi connectivity index (χ4v) is 7.08. The lowest BCUT2D eigenvalue weighted by molar-refractivity contribution is -0.291. The van der Waals surface area contributed by atoms with Gasteiger partial charge in [0.25, 0.3) is 0 Å². The maximum atomic E-state index is 14.5. The van der Waals surface area contributed by atoms with Gasteiger partial charge in [0, 0.05) is 7.11 Å². The van der Waals surface area contributed by atoms with E-state index in [2.05, 4.69) is 0 Å². The Bertz CT molecular complexity index is 2380. The van der Waals surface area contributed by atoms with E-state index < -0.39 is 66.9 Å². The summed E-state index contributed by atoms with van der Waals surface area (Å²) >= 11 is 0. The van der Waals surface area contributed by atoms with E-state index >= 15 is 0 Å². The molecule has 1 fully saturated rings. The predicted molar refractivity (Wildman–Crippen MR) is 233 cm³/mol. The molecule has 0 amide bonds. The Morgan fingerprint density at radius 1 is 0.412 bits per heavy atom. The van der Waals surface area contributed by atoms with Crippen molar-refractivity contribution >= 4 is 23.9 Å². The van der Waals surface area contributed by atoms with Crippen LogP contribution in [0.15, 0.2) is 48.5 Å². The largest absolute Gasteiger partial charge is 0.504 e. The summed E-state index contributed by atoms with van der Waals surface area (Å²) < 4.78 is 95.4. The molecule has 0 aromatic heterocycles. The van der Waals surface area contributed by atoms with Crippen molar-refractivity contribution in [3.63, 3.8) is 0 Å². The molecule has 0 aliphatic carbocycles. The molecule has 4 aromatic rings. The molecule has 22 nitrogen and oxygen atoms in total. The van der Waals surface area contributed by atoms with Gasteiger partial charge in [0.15, 0.2) is 70.6 Å². The molecular formula is C46H52O22. The number of esters is 4. The molecule has 0 bridgehead atoms. The summed E-state index contributed by atoms with van der Waals surface area (Å²) in [6.07, 6.45) is -8.65. The van der Waals surface area contributed by atoms with Gasteiger partial charge >= 0.3 is 23.9 Å². The van der Waals surface area contributed by atoms with Crippen molar-refractivity contribution in [3.05, 3.63) is 70.8 Å². The van der Waals surface area contributed by atoms with E-state index in [1.807, 2.05) is 0 Å². The quantitative estimate of drug-likeness (QED) is 0.0879. The zero-order chi connectivity index (χ0) is 49.8. The highest BCUT2D eigenvalue weighted by Gasteiger charge is 2.53. The van der Waals surface area contributed by atoms with E-state index in [4.69, 9.17) is 80.5 Å². The second kappa shape index (κ2) is 23.1. The second-order valence-corrected chi connectivity index (χ2v) is 14.0. The van der Waals surface area contributed by atoms with Crippen LogP contribution < -0.4 is 52.1 Å². The van der Waals surface area contributed by atoms with Gasteiger partial charge in [-0.3, -0.25) is 0 Å². The summed E-state index contributed by atoms with van der Waals surface area (Å²) in [5, 5.41) is 10.6. The van der Waals surface area contributed by atoms with E-state index in [1.54, 1.807) is 0 Å². The minimum Gasteiger partial charge on any atom is -0.504 e. The molecule has 368 valence electrons. The molecule has 0 saturated carbocycles. The Kier molecular flexibility index (Phi) is 17.4. The molecule has 1 heterocycles. The number of phenols is 1. The number of ether oxygens (including phenoxy) is 17. The normalized spacial score (nSPS) is 17.3. The summed E-state index contributed by atoms with van der Waals surface area (Å²) in [5.74, 6) is -3.81. The lowest BCUT2D eigenvalue weighted by atomic mass is 9.97. The third kappa shape index (κ3) is 10.8. The van der Waals surface area contributed by atoms with Crippen LogP contribution in [0.25, 0.3) is 0 Å². The third-order valence-electron chi connectivity index (χ3n) is 10.3. The lowest BCUT2D eigenvalue weighted by Crippen LogP contribution is -2.63. The number of benzene rings is 4. The smallest absolute Gasteiger partial charge is 0.339 e. The number of methoxy groups -OCH3 is 12. The number of hydrogen-bond donors (Lipinski definition) is 1. The van der Waals surface area contributed by atoms with Gasteiger partial charge in [0.1, 0.15) is 12.7 Å². The van der Waals surface area contributed by atoms with E-state index in [1.165, 1.54) is 128 Å². The Labute approximate surface area is 390 Å². The molecule has 1 aliphatic rings. The monoisotopic (exact) mass is 956 g/mol. The summed E-state index contributed by atoms with van der Waals surface area (Å²) in [5.41, 5.74) is -0.650. The number of rotatable bonds is 21. The first-order valence-corrected chi connectivity index (χ1v) is 20.1. The molecule has 5 rings (SSSR count). The third-order valence-corrected chi connectivity index (χ3v) is 10.3. The molecule has 1 saturated heterocycles. The first kappa shape index (κ1) is 51.3. The van der Waals surface area contributed by atoms with Crippen LogP contribution in [0.2, 0.25) is 0 Å². The average Bonchev–Trinajstić information content (AvgIpc) is 3.36. The molecular weight excluding hydrogens is 904 g/mol. The van der Waals surface area contributed by atoms with E-state index in [0.29, 0.717) is 0 Å². The minimum absolute atomic E-state index is 0.000458. The Morgan fingerprint density at radius 2 is 0.721 bits per heavy atom. The van der Waals surface area contributed by atoms with Crippen LogP contribution in [0, 0.1) is 0 Å². The SMILES string of the molecule is COc1cc(C(=O)OC[C@H]2O[C@@H](OC)[C@H](OC(=O)c3cc(OC)c(OC)c(OC)c3)[C@@H](OC(=O)c3cc(OC)c(OC)c(OC)c3)[C@@H]2OC(=O)c2cc(OC)c(OC)c(OC)c2)cc(O)c1OC. The first-order chi connectivity index (χ1) is 32.7. The predicted octanol–water partition coefficient (Wildman–Crippen LogP) is 4.69.